The van der Waals surface area contributed by atoms with Gasteiger partial charge in [0.1, 0.15) is 11.5 Å². The van der Waals surface area contributed by atoms with E-state index in [1.807, 2.05) is 44.2 Å². The van der Waals surface area contributed by atoms with Gasteiger partial charge in [0.25, 0.3) is 0 Å². The molecule has 1 N–H and O–H groups in total. The molecule has 36 heavy (non-hydrogen) atoms. The molecule has 0 bridgehead atoms. The molecule has 1 saturated carbocycles. The smallest absolute Gasteiger partial charge is 0.336 e. The number of aryl methyl sites for hydroxylation is 2. The Hall–Kier alpha value is -3.41. The SMILES string of the molecule is Cc1cccc(CO[C@@H]2CCC[C@H](OCc3cc(-c4ccc5ccccc5c4)oc3C)C2)c1C(=O)O. The lowest BCUT2D eigenvalue weighted by molar-refractivity contribution is -0.0558. The van der Waals surface area contributed by atoms with Crippen molar-refractivity contribution in [3.8, 4) is 11.3 Å². The Balaban J connectivity index is 1.19. The van der Waals surface area contributed by atoms with E-state index in [4.69, 9.17) is 13.9 Å². The van der Waals surface area contributed by atoms with Gasteiger partial charge in [-0.25, -0.2) is 4.79 Å². The number of ether oxygens (including phenoxy) is 2. The first-order chi connectivity index (χ1) is 17.5. The lowest BCUT2D eigenvalue weighted by atomic mass is 9.94. The van der Waals surface area contributed by atoms with Crippen molar-refractivity contribution < 1.29 is 23.8 Å². The van der Waals surface area contributed by atoms with E-state index in [0.717, 1.165) is 59.5 Å². The maximum absolute atomic E-state index is 11.7. The van der Waals surface area contributed by atoms with Crippen molar-refractivity contribution in [2.75, 3.05) is 0 Å². The van der Waals surface area contributed by atoms with Crippen LogP contribution in [0, 0.1) is 13.8 Å². The van der Waals surface area contributed by atoms with E-state index in [9.17, 15) is 9.90 Å². The summed E-state index contributed by atoms with van der Waals surface area (Å²) in [6, 6.07) is 22.3. The molecule has 0 unspecified atom stereocenters. The molecule has 5 nitrogen and oxygen atoms in total. The van der Waals surface area contributed by atoms with Crippen molar-refractivity contribution in [1.82, 2.24) is 0 Å². The summed E-state index contributed by atoms with van der Waals surface area (Å²) in [6.45, 7) is 4.61. The van der Waals surface area contributed by atoms with Gasteiger partial charge >= 0.3 is 5.97 Å². The van der Waals surface area contributed by atoms with Crippen molar-refractivity contribution in [3.63, 3.8) is 0 Å². The van der Waals surface area contributed by atoms with Crippen LogP contribution in [0.4, 0.5) is 0 Å². The standard InChI is InChI=1S/C31H32O5/c1-20-7-5-10-25(30(20)31(32)33)18-34-27-11-6-12-28(17-27)35-19-26-16-29(36-21(26)2)24-14-13-22-8-3-4-9-23(22)15-24/h3-5,7-10,13-16,27-28H,6,11-12,17-19H2,1-2H3,(H,32,33)/t27-,28+/m1/s1. The highest BCUT2D eigenvalue weighted by Gasteiger charge is 2.24. The minimum absolute atomic E-state index is 0.0597. The van der Waals surface area contributed by atoms with Gasteiger partial charge in [0, 0.05) is 11.1 Å². The van der Waals surface area contributed by atoms with Gasteiger partial charge < -0.3 is 19.0 Å². The Labute approximate surface area is 211 Å². The Morgan fingerprint density at radius 1 is 0.889 bits per heavy atom. The van der Waals surface area contributed by atoms with Gasteiger partial charge in [-0.1, -0.05) is 54.6 Å². The van der Waals surface area contributed by atoms with Crippen LogP contribution >= 0.6 is 0 Å². The van der Waals surface area contributed by atoms with Gasteiger partial charge in [-0.2, -0.15) is 0 Å². The molecule has 5 heteroatoms. The summed E-state index contributed by atoms with van der Waals surface area (Å²) in [5.74, 6) is 0.826. The van der Waals surface area contributed by atoms with E-state index in [1.54, 1.807) is 0 Å². The molecule has 4 aromatic rings. The Morgan fingerprint density at radius 3 is 2.36 bits per heavy atom. The predicted octanol–water partition coefficient (Wildman–Crippen LogP) is 7.46. The predicted molar refractivity (Wildman–Crippen MR) is 140 cm³/mol. The highest BCUT2D eigenvalue weighted by Crippen LogP contribution is 2.30. The average molecular weight is 485 g/mol. The van der Waals surface area contributed by atoms with Crippen LogP contribution in [0.2, 0.25) is 0 Å². The zero-order valence-electron chi connectivity index (χ0n) is 20.8. The largest absolute Gasteiger partial charge is 0.478 e. The fourth-order valence-corrected chi connectivity index (χ4v) is 5.12. The molecule has 0 radical (unpaired) electrons. The highest BCUT2D eigenvalue weighted by atomic mass is 16.5. The molecular weight excluding hydrogens is 452 g/mol. The van der Waals surface area contributed by atoms with Crippen molar-refractivity contribution >= 4 is 16.7 Å². The molecule has 1 aliphatic carbocycles. The van der Waals surface area contributed by atoms with E-state index < -0.39 is 5.97 Å². The first-order valence-corrected chi connectivity index (χ1v) is 12.6. The number of benzene rings is 3. The quantitative estimate of drug-likeness (QED) is 0.281. The maximum Gasteiger partial charge on any atom is 0.336 e. The van der Waals surface area contributed by atoms with Crippen LogP contribution in [0.3, 0.4) is 0 Å². The summed E-state index contributed by atoms with van der Waals surface area (Å²) in [7, 11) is 0. The summed E-state index contributed by atoms with van der Waals surface area (Å²) in [4.78, 5) is 11.7. The van der Waals surface area contributed by atoms with E-state index in [1.165, 1.54) is 10.8 Å². The Kier molecular flexibility index (Phi) is 7.21. The zero-order valence-corrected chi connectivity index (χ0v) is 20.8. The van der Waals surface area contributed by atoms with Crippen LogP contribution < -0.4 is 0 Å². The second-order valence-electron chi connectivity index (χ2n) is 9.70. The lowest BCUT2D eigenvalue weighted by Crippen LogP contribution is -2.28. The van der Waals surface area contributed by atoms with Crippen molar-refractivity contribution in [3.05, 3.63) is 94.7 Å². The highest BCUT2D eigenvalue weighted by molar-refractivity contribution is 5.91. The molecule has 3 aromatic carbocycles. The number of hydrogen-bond acceptors (Lipinski definition) is 4. The van der Waals surface area contributed by atoms with Crippen LogP contribution in [-0.2, 0) is 22.7 Å². The van der Waals surface area contributed by atoms with Gasteiger partial charge in [0.05, 0.1) is 31.0 Å². The van der Waals surface area contributed by atoms with E-state index in [2.05, 4.69) is 36.4 Å². The monoisotopic (exact) mass is 484 g/mol. The van der Waals surface area contributed by atoms with Crippen molar-refractivity contribution in [2.24, 2.45) is 0 Å². The van der Waals surface area contributed by atoms with Crippen LogP contribution in [0.1, 0.15) is 58.5 Å². The minimum Gasteiger partial charge on any atom is -0.478 e. The van der Waals surface area contributed by atoms with E-state index >= 15 is 0 Å². The van der Waals surface area contributed by atoms with Crippen LogP contribution in [0.15, 0.2) is 71.1 Å². The second-order valence-corrected chi connectivity index (χ2v) is 9.70. The van der Waals surface area contributed by atoms with Gasteiger partial charge in [-0.15, -0.1) is 0 Å². The summed E-state index contributed by atoms with van der Waals surface area (Å²) in [5.41, 5.74) is 3.95. The fraction of sp³-hybridized carbons (Fsp3) is 0.323. The summed E-state index contributed by atoms with van der Waals surface area (Å²) >= 11 is 0. The number of carbonyl (C=O) groups is 1. The Morgan fingerprint density at radius 2 is 1.61 bits per heavy atom. The van der Waals surface area contributed by atoms with Crippen LogP contribution in [0.5, 0.6) is 0 Å². The number of aromatic carboxylic acids is 1. The van der Waals surface area contributed by atoms with Gasteiger partial charge in [-0.3, -0.25) is 0 Å². The van der Waals surface area contributed by atoms with Crippen molar-refractivity contribution in [2.45, 2.75) is 65.0 Å². The second kappa shape index (κ2) is 10.7. The average Bonchev–Trinajstić information content (AvgIpc) is 3.26. The maximum atomic E-state index is 11.7. The Bertz CT molecular complexity index is 1370. The molecule has 1 aliphatic rings. The van der Waals surface area contributed by atoms with Crippen molar-refractivity contribution in [1.29, 1.82) is 0 Å². The molecule has 1 fully saturated rings. The van der Waals surface area contributed by atoms with Crippen LogP contribution in [0.25, 0.3) is 22.1 Å². The fourth-order valence-electron chi connectivity index (χ4n) is 5.12. The normalized spacial score (nSPS) is 17.9. The third-order valence-corrected chi connectivity index (χ3v) is 7.15. The molecule has 0 amide bonds. The molecule has 2 atom stereocenters. The van der Waals surface area contributed by atoms with E-state index in [-0.39, 0.29) is 12.2 Å². The van der Waals surface area contributed by atoms with Crippen LogP contribution in [-0.4, -0.2) is 23.3 Å². The topological polar surface area (TPSA) is 68.9 Å². The number of carboxylic acid groups (broad SMARTS) is 1. The number of carboxylic acids is 1. The summed E-state index contributed by atoms with van der Waals surface area (Å²) in [6.07, 6.45) is 3.97. The third kappa shape index (κ3) is 5.38. The summed E-state index contributed by atoms with van der Waals surface area (Å²) in [5, 5.41) is 12.0. The number of rotatable bonds is 8. The molecule has 1 heterocycles. The number of hydrogen-bond donors (Lipinski definition) is 1. The molecule has 0 saturated heterocycles. The minimum atomic E-state index is -0.907. The number of furan rings is 1. The number of fused-ring (bicyclic) bond motifs is 1. The first-order valence-electron chi connectivity index (χ1n) is 12.6. The molecular formula is C31H32O5. The molecule has 186 valence electrons. The van der Waals surface area contributed by atoms with Gasteiger partial charge in [0.15, 0.2) is 0 Å². The van der Waals surface area contributed by atoms with Gasteiger partial charge in [-0.05, 0) is 73.6 Å². The lowest BCUT2D eigenvalue weighted by Gasteiger charge is -2.29. The third-order valence-electron chi connectivity index (χ3n) is 7.15. The zero-order chi connectivity index (χ0) is 25.1. The van der Waals surface area contributed by atoms with E-state index in [0.29, 0.717) is 18.8 Å². The summed E-state index contributed by atoms with van der Waals surface area (Å²) < 4.78 is 18.5. The first kappa shape index (κ1) is 24.3. The molecule has 1 aromatic heterocycles. The van der Waals surface area contributed by atoms with Gasteiger partial charge in [0.2, 0.25) is 0 Å². The molecule has 0 aliphatic heterocycles. The molecule has 5 rings (SSSR count). The molecule has 0 spiro atoms.